The van der Waals surface area contributed by atoms with Crippen LogP contribution in [0.4, 0.5) is 17.6 Å². The first-order chi connectivity index (χ1) is 9.90. The van der Waals surface area contributed by atoms with Crippen molar-refractivity contribution in [1.82, 2.24) is 10.0 Å². The van der Waals surface area contributed by atoms with Crippen molar-refractivity contribution in [3.8, 4) is 0 Å². The average Bonchev–Trinajstić information content (AvgIpc) is 2.33. The molecule has 0 aliphatic rings. The van der Waals surface area contributed by atoms with Crippen molar-refractivity contribution in [3.63, 3.8) is 0 Å². The molecule has 1 aromatic carbocycles. The van der Waals surface area contributed by atoms with Crippen LogP contribution in [-0.2, 0) is 14.8 Å². The maximum Gasteiger partial charge on any atom is 0.412 e. The van der Waals surface area contributed by atoms with Crippen molar-refractivity contribution in [2.45, 2.75) is 25.2 Å². The van der Waals surface area contributed by atoms with Gasteiger partial charge in [0.15, 0.2) is 6.04 Å². The Morgan fingerprint density at radius 2 is 1.68 bits per heavy atom. The van der Waals surface area contributed by atoms with Gasteiger partial charge < -0.3 is 5.32 Å². The van der Waals surface area contributed by atoms with E-state index in [4.69, 9.17) is 0 Å². The number of sulfonamides is 1. The number of amides is 1. The maximum atomic E-state index is 13.0. The number of nitrogens with one attached hydrogen (secondary N) is 2. The fourth-order valence-electron chi connectivity index (χ4n) is 1.65. The summed E-state index contributed by atoms with van der Waals surface area (Å²) in [5.41, 5.74) is -0.367. The normalized spacial score (nSPS) is 15.2. The monoisotopic (exact) mass is 342 g/mol. The van der Waals surface area contributed by atoms with Crippen LogP contribution in [0, 0.1) is 5.82 Å². The largest absolute Gasteiger partial charge is 0.412 e. The van der Waals surface area contributed by atoms with Crippen LogP contribution in [0.15, 0.2) is 24.3 Å². The second-order valence-electron chi connectivity index (χ2n) is 4.65. The van der Waals surface area contributed by atoms with Crippen LogP contribution in [0.25, 0.3) is 0 Å². The van der Waals surface area contributed by atoms with Crippen molar-refractivity contribution in [2.24, 2.45) is 0 Å². The van der Waals surface area contributed by atoms with Crippen molar-refractivity contribution in [2.75, 3.05) is 6.26 Å². The molecule has 0 bridgehead atoms. The minimum absolute atomic E-state index is 0.367. The third-order valence-electron chi connectivity index (χ3n) is 2.60. The lowest BCUT2D eigenvalue weighted by molar-refractivity contribution is -0.163. The van der Waals surface area contributed by atoms with Gasteiger partial charge in [-0.2, -0.15) is 13.2 Å². The third kappa shape index (κ3) is 5.60. The zero-order chi connectivity index (χ0) is 17.1. The van der Waals surface area contributed by atoms with E-state index in [0.717, 1.165) is 37.4 Å². The summed E-state index contributed by atoms with van der Waals surface area (Å²) in [6.45, 7) is 1.11. The minimum Gasteiger partial charge on any atom is -0.339 e. The zero-order valence-electron chi connectivity index (χ0n) is 11.6. The van der Waals surface area contributed by atoms with E-state index in [1.54, 1.807) is 5.32 Å². The Balaban J connectivity index is 2.96. The molecule has 0 heterocycles. The van der Waals surface area contributed by atoms with Crippen LogP contribution in [0.3, 0.4) is 0 Å². The first kappa shape index (κ1) is 18.4. The smallest absolute Gasteiger partial charge is 0.339 e. The highest BCUT2D eigenvalue weighted by Gasteiger charge is 2.42. The summed E-state index contributed by atoms with van der Waals surface area (Å²) in [4.78, 5) is 11.7. The van der Waals surface area contributed by atoms with Gasteiger partial charge in [-0.1, -0.05) is 12.1 Å². The number of benzene rings is 1. The van der Waals surface area contributed by atoms with Crippen molar-refractivity contribution >= 4 is 15.9 Å². The number of rotatable bonds is 5. The summed E-state index contributed by atoms with van der Waals surface area (Å²) in [5, 5.41) is 1.70. The van der Waals surface area contributed by atoms with Crippen LogP contribution in [0.2, 0.25) is 0 Å². The SMILES string of the molecule is CC(NS(C)(=O)=O)C(=O)NC(c1ccc(F)cc1)C(F)(F)F. The highest BCUT2D eigenvalue weighted by molar-refractivity contribution is 7.88. The molecule has 2 unspecified atom stereocenters. The van der Waals surface area contributed by atoms with Gasteiger partial charge in [0, 0.05) is 0 Å². The lowest BCUT2D eigenvalue weighted by Gasteiger charge is -2.24. The molecule has 1 rings (SSSR count). The summed E-state index contributed by atoms with van der Waals surface area (Å²) < 4.78 is 75.7. The van der Waals surface area contributed by atoms with E-state index in [1.807, 2.05) is 4.72 Å². The molecule has 0 aliphatic heterocycles. The van der Waals surface area contributed by atoms with E-state index in [0.29, 0.717) is 0 Å². The molecule has 1 amide bonds. The molecule has 0 spiro atoms. The number of carbonyl (C=O) groups excluding carboxylic acids is 1. The second kappa shape index (κ2) is 6.61. The Bertz CT molecular complexity index is 629. The predicted molar refractivity (Wildman–Crippen MR) is 70.8 cm³/mol. The van der Waals surface area contributed by atoms with Gasteiger partial charge in [0.2, 0.25) is 15.9 Å². The molecule has 0 aliphatic carbocycles. The Morgan fingerprint density at radius 1 is 1.18 bits per heavy atom. The summed E-state index contributed by atoms with van der Waals surface area (Å²) in [5.74, 6) is -1.87. The fourth-order valence-corrected chi connectivity index (χ4v) is 2.40. The molecule has 0 radical (unpaired) electrons. The van der Waals surface area contributed by atoms with Gasteiger partial charge in [-0.05, 0) is 24.6 Å². The second-order valence-corrected chi connectivity index (χ2v) is 6.43. The molecule has 124 valence electrons. The van der Waals surface area contributed by atoms with Gasteiger partial charge in [-0.3, -0.25) is 4.79 Å². The average molecular weight is 342 g/mol. The minimum atomic E-state index is -4.82. The molecule has 2 atom stereocenters. The van der Waals surface area contributed by atoms with E-state index in [9.17, 15) is 30.8 Å². The first-order valence-electron chi connectivity index (χ1n) is 6.00. The van der Waals surface area contributed by atoms with Crippen molar-refractivity contribution < 1.29 is 30.8 Å². The molecule has 5 nitrogen and oxygen atoms in total. The first-order valence-corrected chi connectivity index (χ1v) is 7.89. The van der Waals surface area contributed by atoms with Crippen LogP contribution < -0.4 is 10.0 Å². The van der Waals surface area contributed by atoms with E-state index in [1.165, 1.54) is 0 Å². The number of hydrogen-bond acceptors (Lipinski definition) is 3. The number of halogens is 4. The van der Waals surface area contributed by atoms with Gasteiger partial charge in [-0.15, -0.1) is 0 Å². The van der Waals surface area contributed by atoms with E-state index in [-0.39, 0.29) is 5.56 Å². The van der Waals surface area contributed by atoms with Crippen LogP contribution in [0.1, 0.15) is 18.5 Å². The van der Waals surface area contributed by atoms with Gasteiger partial charge in [-0.25, -0.2) is 17.5 Å². The molecular weight excluding hydrogens is 328 g/mol. The van der Waals surface area contributed by atoms with Crippen molar-refractivity contribution in [3.05, 3.63) is 35.6 Å². The molecular formula is C12H14F4N2O3S. The third-order valence-corrected chi connectivity index (χ3v) is 3.38. The summed E-state index contributed by atoms with van der Waals surface area (Å²) in [6, 6.07) is -0.313. The molecule has 0 fully saturated rings. The molecule has 22 heavy (non-hydrogen) atoms. The molecule has 10 heteroatoms. The highest BCUT2D eigenvalue weighted by Crippen LogP contribution is 2.32. The lowest BCUT2D eigenvalue weighted by Crippen LogP contribution is -2.48. The zero-order valence-corrected chi connectivity index (χ0v) is 12.4. The molecule has 1 aromatic rings. The van der Waals surface area contributed by atoms with Crippen LogP contribution in [-0.4, -0.2) is 32.8 Å². The number of alkyl halides is 3. The van der Waals surface area contributed by atoms with Gasteiger partial charge in [0.1, 0.15) is 5.82 Å². The van der Waals surface area contributed by atoms with Gasteiger partial charge in [0.25, 0.3) is 0 Å². The Labute approximate surface area is 124 Å². The van der Waals surface area contributed by atoms with E-state index >= 15 is 0 Å². The number of hydrogen-bond donors (Lipinski definition) is 2. The Morgan fingerprint density at radius 3 is 2.09 bits per heavy atom. The lowest BCUT2D eigenvalue weighted by atomic mass is 10.1. The highest BCUT2D eigenvalue weighted by atomic mass is 32.2. The molecule has 2 N–H and O–H groups in total. The standard InChI is InChI=1S/C12H14F4N2O3S/c1-7(18-22(2,20)21)11(19)17-10(12(14,15)16)8-3-5-9(13)6-4-8/h3-7,10,18H,1-2H3,(H,17,19). The predicted octanol–water partition coefficient (Wildman–Crippen LogP) is 1.48. The Hall–Kier alpha value is -1.68. The fraction of sp³-hybridized carbons (Fsp3) is 0.417. The van der Waals surface area contributed by atoms with E-state index < -0.39 is 40.0 Å². The molecule has 0 saturated carbocycles. The Kier molecular flexibility index (Phi) is 5.52. The maximum absolute atomic E-state index is 13.0. The van der Waals surface area contributed by atoms with E-state index in [2.05, 4.69) is 0 Å². The van der Waals surface area contributed by atoms with Crippen LogP contribution in [0.5, 0.6) is 0 Å². The quantitative estimate of drug-likeness (QED) is 0.796. The molecule has 0 saturated heterocycles. The van der Waals surface area contributed by atoms with Crippen molar-refractivity contribution in [1.29, 1.82) is 0 Å². The summed E-state index contributed by atoms with van der Waals surface area (Å²) in [6.07, 6.45) is -4.05. The van der Waals surface area contributed by atoms with Crippen LogP contribution >= 0.6 is 0 Å². The van der Waals surface area contributed by atoms with Gasteiger partial charge >= 0.3 is 6.18 Å². The summed E-state index contributed by atoms with van der Waals surface area (Å²) in [7, 11) is -3.75. The molecule has 0 aromatic heterocycles. The topological polar surface area (TPSA) is 75.3 Å². The van der Waals surface area contributed by atoms with Gasteiger partial charge in [0.05, 0.1) is 12.3 Å². The summed E-state index contributed by atoms with van der Waals surface area (Å²) >= 11 is 0. The number of carbonyl (C=O) groups is 1.